The Balaban J connectivity index is 2.12. The van der Waals surface area contributed by atoms with Gasteiger partial charge in [-0.25, -0.2) is 0 Å². The lowest BCUT2D eigenvalue weighted by molar-refractivity contribution is -0.127. The van der Waals surface area contributed by atoms with Crippen LogP contribution in [0.3, 0.4) is 0 Å². The molecule has 0 bridgehead atoms. The Morgan fingerprint density at radius 3 is 2.78 bits per heavy atom. The number of hydrogen-bond acceptors (Lipinski definition) is 4. The van der Waals surface area contributed by atoms with Gasteiger partial charge in [0.25, 0.3) is 0 Å². The van der Waals surface area contributed by atoms with Crippen molar-refractivity contribution >= 4 is 17.7 Å². The molecule has 5 heteroatoms. The van der Waals surface area contributed by atoms with Gasteiger partial charge < -0.3 is 9.64 Å². The average Bonchev–Trinajstić information content (AvgIpc) is 2.78. The smallest absolute Gasteiger partial charge is 0.238 e. The third-order valence-electron chi connectivity index (χ3n) is 3.05. The quantitative estimate of drug-likeness (QED) is 0.876. The molecule has 18 heavy (non-hydrogen) atoms. The number of ether oxygens (including phenoxy) is 1. The molecule has 1 fully saturated rings. The second kappa shape index (κ2) is 6.11. The Morgan fingerprint density at radius 1 is 1.44 bits per heavy atom. The summed E-state index contributed by atoms with van der Waals surface area (Å²) < 4.78 is 5.14. The minimum Gasteiger partial charge on any atom is -0.497 e. The second-order valence-electron chi connectivity index (χ2n) is 4.14. The second-order valence-corrected chi connectivity index (χ2v) is 5.12. The van der Waals surface area contributed by atoms with Crippen LogP contribution in [0.2, 0.25) is 0 Å². The molecule has 0 aliphatic carbocycles. The molecule has 0 spiro atoms. The number of thioether (sulfide) groups is 1. The number of methoxy groups -OCH3 is 1. The van der Waals surface area contributed by atoms with Crippen LogP contribution >= 0.6 is 11.8 Å². The highest BCUT2D eigenvalue weighted by Crippen LogP contribution is 2.24. The minimum atomic E-state index is -0.00411. The molecule has 1 unspecified atom stereocenters. The summed E-state index contributed by atoms with van der Waals surface area (Å²) >= 11 is 1.75. The Kier molecular flexibility index (Phi) is 4.49. The largest absolute Gasteiger partial charge is 0.497 e. The Labute approximate surface area is 112 Å². The van der Waals surface area contributed by atoms with Crippen molar-refractivity contribution in [2.45, 2.75) is 6.17 Å². The minimum absolute atomic E-state index is 0.00411. The number of nitrogens with one attached hydrogen (secondary N) is 1. The van der Waals surface area contributed by atoms with E-state index in [-0.39, 0.29) is 12.1 Å². The highest BCUT2D eigenvalue weighted by molar-refractivity contribution is 7.98. The van der Waals surface area contributed by atoms with E-state index in [9.17, 15) is 4.79 Å². The number of carbonyl (C=O) groups is 1. The maximum absolute atomic E-state index is 11.8. The number of carbonyl (C=O) groups excluding carboxylic acids is 1. The van der Waals surface area contributed by atoms with E-state index >= 15 is 0 Å². The fourth-order valence-corrected chi connectivity index (χ4v) is 2.45. The zero-order valence-corrected chi connectivity index (χ0v) is 11.5. The number of benzene rings is 1. The standard InChI is InChI=1S/C13H18N2O2S/c1-17-11-5-3-10(4-6-11)13-14-9-12(16)15(13)7-8-18-2/h3-6,13-14H,7-9H2,1-2H3. The highest BCUT2D eigenvalue weighted by Gasteiger charge is 2.30. The van der Waals surface area contributed by atoms with Crippen molar-refractivity contribution in [1.29, 1.82) is 0 Å². The Bertz CT molecular complexity index is 408. The topological polar surface area (TPSA) is 41.6 Å². The molecule has 1 saturated heterocycles. The van der Waals surface area contributed by atoms with Crippen molar-refractivity contribution in [2.75, 3.05) is 32.2 Å². The molecule has 4 nitrogen and oxygen atoms in total. The summed E-state index contributed by atoms with van der Waals surface area (Å²) in [7, 11) is 1.65. The molecule has 1 aliphatic heterocycles. The van der Waals surface area contributed by atoms with E-state index in [4.69, 9.17) is 4.74 Å². The molecular formula is C13H18N2O2S. The van der Waals surface area contributed by atoms with Crippen LogP contribution in [0.15, 0.2) is 24.3 Å². The SMILES string of the molecule is COc1ccc(C2NCC(=O)N2CCSC)cc1. The molecule has 1 aliphatic rings. The lowest BCUT2D eigenvalue weighted by Crippen LogP contribution is -2.32. The van der Waals surface area contributed by atoms with Crippen LogP contribution in [0, 0.1) is 0 Å². The molecule has 1 N–H and O–H groups in total. The van der Waals surface area contributed by atoms with E-state index in [1.54, 1.807) is 18.9 Å². The van der Waals surface area contributed by atoms with Gasteiger partial charge >= 0.3 is 0 Å². The Morgan fingerprint density at radius 2 is 2.17 bits per heavy atom. The van der Waals surface area contributed by atoms with Gasteiger partial charge in [-0.1, -0.05) is 12.1 Å². The molecule has 0 saturated carbocycles. The zero-order chi connectivity index (χ0) is 13.0. The molecule has 1 atom stereocenters. The van der Waals surface area contributed by atoms with Crippen molar-refractivity contribution < 1.29 is 9.53 Å². The fraction of sp³-hybridized carbons (Fsp3) is 0.462. The van der Waals surface area contributed by atoms with Gasteiger partial charge in [0.2, 0.25) is 5.91 Å². The average molecular weight is 266 g/mol. The molecule has 0 radical (unpaired) electrons. The maximum Gasteiger partial charge on any atom is 0.238 e. The van der Waals surface area contributed by atoms with E-state index in [1.807, 2.05) is 29.2 Å². The van der Waals surface area contributed by atoms with Crippen LogP contribution in [-0.2, 0) is 4.79 Å². The molecular weight excluding hydrogens is 248 g/mol. The third-order valence-corrected chi connectivity index (χ3v) is 3.64. The molecule has 1 aromatic carbocycles. The monoisotopic (exact) mass is 266 g/mol. The van der Waals surface area contributed by atoms with Gasteiger partial charge in [0.05, 0.1) is 13.7 Å². The lowest BCUT2D eigenvalue weighted by atomic mass is 10.1. The van der Waals surface area contributed by atoms with Crippen LogP contribution < -0.4 is 10.1 Å². The first-order valence-corrected chi connectivity index (χ1v) is 7.31. The van der Waals surface area contributed by atoms with Gasteiger partial charge in [-0.05, 0) is 24.0 Å². The summed E-state index contributed by atoms with van der Waals surface area (Å²) in [6.07, 6.45) is 2.05. The predicted molar refractivity (Wildman–Crippen MR) is 73.8 cm³/mol. The van der Waals surface area contributed by atoms with Gasteiger partial charge in [0, 0.05) is 12.3 Å². The predicted octanol–water partition coefficient (Wildman–Crippen LogP) is 1.49. The molecule has 1 aromatic rings. The summed E-state index contributed by atoms with van der Waals surface area (Å²) in [6, 6.07) is 7.85. The van der Waals surface area contributed by atoms with Gasteiger partial charge in [0.1, 0.15) is 11.9 Å². The summed E-state index contributed by atoms with van der Waals surface area (Å²) in [6.45, 7) is 1.20. The summed E-state index contributed by atoms with van der Waals surface area (Å²) in [4.78, 5) is 13.7. The van der Waals surface area contributed by atoms with Gasteiger partial charge in [-0.2, -0.15) is 11.8 Å². The normalized spacial score (nSPS) is 19.3. The van der Waals surface area contributed by atoms with E-state index in [0.29, 0.717) is 6.54 Å². The van der Waals surface area contributed by atoms with E-state index in [0.717, 1.165) is 23.6 Å². The van der Waals surface area contributed by atoms with Crippen LogP contribution in [0.4, 0.5) is 0 Å². The van der Waals surface area contributed by atoms with Crippen molar-refractivity contribution in [2.24, 2.45) is 0 Å². The van der Waals surface area contributed by atoms with Crippen LogP contribution in [0.5, 0.6) is 5.75 Å². The van der Waals surface area contributed by atoms with E-state index < -0.39 is 0 Å². The molecule has 1 amide bonds. The van der Waals surface area contributed by atoms with Gasteiger partial charge in [-0.15, -0.1) is 0 Å². The van der Waals surface area contributed by atoms with Gasteiger partial charge in [-0.3, -0.25) is 10.1 Å². The fourth-order valence-electron chi connectivity index (χ4n) is 2.07. The summed E-state index contributed by atoms with van der Waals surface area (Å²) in [5.74, 6) is 1.96. The maximum atomic E-state index is 11.8. The summed E-state index contributed by atoms with van der Waals surface area (Å²) in [5.41, 5.74) is 1.10. The van der Waals surface area contributed by atoms with Crippen molar-refractivity contribution in [1.82, 2.24) is 10.2 Å². The first kappa shape index (κ1) is 13.2. The van der Waals surface area contributed by atoms with E-state index in [1.165, 1.54) is 0 Å². The van der Waals surface area contributed by atoms with Crippen molar-refractivity contribution in [3.8, 4) is 5.75 Å². The van der Waals surface area contributed by atoms with Crippen molar-refractivity contribution in [3.63, 3.8) is 0 Å². The van der Waals surface area contributed by atoms with Crippen LogP contribution in [0.1, 0.15) is 11.7 Å². The molecule has 1 heterocycles. The summed E-state index contributed by atoms with van der Waals surface area (Å²) in [5, 5.41) is 3.25. The molecule has 98 valence electrons. The molecule has 0 aromatic heterocycles. The van der Waals surface area contributed by atoms with Gasteiger partial charge in [0.15, 0.2) is 0 Å². The third kappa shape index (κ3) is 2.79. The highest BCUT2D eigenvalue weighted by atomic mass is 32.2. The van der Waals surface area contributed by atoms with Crippen LogP contribution in [-0.4, -0.2) is 43.0 Å². The van der Waals surface area contributed by atoms with Crippen molar-refractivity contribution in [3.05, 3.63) is 29.8 Å². The zero-order valence-electron chi connectivity index (χ0n) is 10.7. The number of rotatable bonds is 5. The van der Waals surface area contributed by atoms with Crippen LogP contribution in [0.25, 0.3) is 0 Å². The lowest BCUT2D eigenvalue weighted by Gasteiger charge is -2.24. The first-order valence-electron chi connectivity index (χ1n) is 5.92. The Hall–Kier alpha value is -1.20. The number of nitrogens with zero attached hydrogens (tertiary/aromatic N) is 1. The van der Waals surface area contributed by atoms with E-state index in [2.05, 4.69) is 11.6 Å². The first-order chi connectivity index (χ1) is 8.76. The molecule has 2 rings (SSSR count). The number of hydrogen-bond donors (Lipinski definition) is 1. The number of amides is 1.